The molecule has 1 aromatic carbocycles. The highest BCUT2D eigenvalue weighted by Gasteiger charge is 2.13. The zero-order valence-corrected chi connectivity index (χ0v) is 11.4. The summed E-state index contributed by atoms with van der Waals surface area (Å²) in [6.07, 6.45) is 0. The first-order valence-corrected chi connectivity index (χ1v) is 6.25. The highest BCUT2D eigenvalue weighted by atomic mass is 79.9. The fourth-order valence-electron chi connectivity index (χ4n) is 1.76. The topological polar surface area (TPSA) is 49.5 Å². The number of aliphatic hydroxyl groups excluding tert-OH is 1. The molecule has 0 unspecified atom stereocenters. The Morgan fingerprint density at radius 1 is 1.44 bits per heavy atom. The first kappa shape index (κ1) is 13.5. The normalized spacial score (nSPS) is 10.9. The van der Waals surface area contributed by atoms with E-state index in [2.05, 4.69) is 34.7 Å². The van der Waals surface area contributed by atoms with E-state index < -0.39 is 0 Å². The van der Waals surface area contributed by atoms with Gasteiger partial charge in [-0.25, -0.2) is 0 Å². The van der Waals surface area contributed by atoms with Gasteiger partial charge in [0.25, 0.3) is 0 Å². The van der Waals surface area contributed by atoms with E-state index >= 15 is 0 Å². The monoisotopic (exact) mass is 286 g/mol. The van der Waals surface area contributed by atoms with E-state index in [0.29, 0.717) is 19.1 Å². The van der Waals surface area contributed by atoms with Crippen molar-refractivity contribution in [2.24, 2.45) is 5.73 Å². The second-order valence-corrected chi connectivity index (χ2v) is 4.90. The van der Waals surface area contributed by atoms with Crippen LogP contribution in [0.3, 0.4) is 0 Å². The molecule has 0 saturated carbocycles. The SMILES string of the molecule is CC(C)N(CCO)c1ccc(Br)cc1CN. The van der Waals surface area contributed by atoms with Crippen LogP contribution >= 0.6 is 15.9 Å². The fourth-order valence-corrected chi connectivity index (χ4v) is 2.17. The van der Waals surface area contributed by atoms with E-state index in [9.17, 15) is 0 Å². The lowest BCUT2D eigenvalue weighted by Gasteiger charge is -2.30. The number of rotatable bonds is 5. The van der Waals surface area contributed by atoms with Crippen molar-refractivity contribution < 1.29 is 5.11 Å². The second-order valence-electron chi connectivity index (χ2n) is 3.99. The van der Waals surface area contributed by atoms with E-state index in [-0.39, 0.29) is 6.61 Å². The lowest BCUT2D eigenvalue weighted by atomic mass is 10.1. The minimum Gasteiger partial charge on any atom is -0.395 e. The minimum absolute atomic E-state index is 0.151. The van der Waals surface area contributed by atoms with Crippen LogP contribution in [-0.2, 0) is 6.54 Å². The van der Waals surface area contributed by atoms with E-state index in [4.69, 9.17) is 10.8 Å². The Morgan fingerprint density at radius 2 is 2.12 bits per heavy atom. The van der Waals surface area contributed by atoms with Crippen LogP contribution in [0.15, 0.2) is 22.7 Å². The van der Waals surface area contributed by atoms with Gasteiger partial charge >= 0.3 is 0 Å². The van der Waals surface area contributed by atoms with Gasteiger partial charge in [-0.3, -0.25) is 0 Å². The lowest BCUT2D eigenvalue weighted by molar-refractivity contribution is 0.299. The minimum atomic E-state index is 0.151. The number of aliphatic hydroxyl groups is 1. The van der Waals surface area contributed by atoms with Crippen molar-refractivity contribution in [3.8, 4) is 0 Å². The molecule has 0 saturated heterocycles. The third-order valence-electron chi connectivity index (χ3n) is 2.54. The van der Waals surface area contributed by atoms with Crippen LogP contribution in [-0.4, -0.2) is 24.3 Å². The first-order valence-electron chi connectivity index (χ1n) is 5.46. The Hall–Kier alpha value is -0.580. The Kier molecular flexibility index (Phi) is 5.25. The molecule has 0 fully saturated rings. The largest absolute Gasteiger partial charge is 0.395 e. The third kappa shape index (κ3) is 3.20. The molecule has 4 heteroatoms. The van der Waals surface area contributed by atoms with E-state index in [1.807, 2.05) is 18.2 Å². The number of nitrogens with zero attached hydrogens (tertiary/aromatic N) is 1. The molecule has 3 nitrogen and oxygen atoms in total. The van der Waals surface area contributed by atoms with E-state index in [0.717, 1.165) is 15.7 Å². The van der Waals surface area contributed by atoms with Crippen LogP contribution < -0.4 is 10.6 Å². The van der Waals surface area contributed by atoms with Gasteiger partial charge in [-0.15, -0.1) is 0 Å². The summed E-state index contributed by atoms with van der Waals surface area (Å²) in [6, 6.07) is 6.42. The van der Waals surface area contributed by atoms with Gasteiger partial charge in [-0.1, -0.05) is 15.9 Å². The van der Waals surface area contributed by atoms with Crippen LogP contribution in [0.25, 0.3) is 0 Å². The molecule has 0 atom stereocenters. The predicted molar refractivity (Wildman–Crippen MR) is 71.6 cm³/mol. The molecular weight excluding hydrogens is 268 g/mol. The maximum atomic E-state index is 9.08. The van der Waals surface area contributed by atoms with Crippen LogP contribution in [0.5, 0.6) is 0 Å². The summed E-state index contributed by atoms with van der Waals surface area (Å²) in [5, 5.41) is 9.08. The smallest absolute Gasteiger partial charge is 0.0606 e. The quantitative estimate of drug-likeness (QED) is 0.872. The standard InChI is InChI=1S/C12H19BrN2O/c1-9(2)15(5-6-16)12-4-3-11(13)7-10(12)8-14/h3-4,7,9,16H,5-6,8,14H2,1-2H3. The molecule has 0 aliphatic rings. The predicted octanol–water partition coefficient (Wildman–Crippen LogP) is 2.11. The number of benzene rings is 1. The molecule has 1 rings (SSSR count). The number of halogens is 1. The summed E-state index contributed by atoms with van der Waals surface area (Å²) < 4.78 is 1.03. The lowest BCUT2D eigenvalue weighted by Crippen LogP contribution is -2.34. The zero-order chi connectivity index (χ0) is 12.1. The van der Waals surface area contributed by atoms with Crippen molar-refractivity contribution in [2.75, 3.05) is 18.1 Å². The third-order valence-corrected chi connectivity index (χ3v) is 3.03. The summed E-state index contributed by atoms with van der Waals surface area (Å²) in [4.78, 5) is 2.16. The maximum Gasteiger partial charge on any atom is 0.0606 e. The highest BCUT2D eigenvalue weighted by Crippen LogP contribution is 2.25. The Balaban J connectivity index is 3.07. The number of hydrogen-bond acceptors (Lipinski definition) is 3. The molecule has 0 spiro atoms. The molecule has 0 heterocycles. The number of nitrogens with two attached hydrogens (primary N) is 1. The van der Waals surface area contributed by atoms with Crippen LogP contribution in [0.2, 0.25) is 0 Å². The van der Waals surface area contributed by atoms with Gasteiger partial charge in [0, 0.05) is 29.3 Å². The zero-order valence-electron chi connectivity index (χ0n) is 9.78. The molecule has 90 valence electrons. The average Bonchev–Trinajstić information content (AvgIpc) is 2.26. The molecule has 3 N–H and O–H groups in total. The number of hydrogen-bond donors (Lipinski definition) is 2. The molecule has 0 radical (unpaired) electrons. The molecule has 1 aromatic rings. The summed E-state index contributed by atoms with van der Waals surface area (Å²) in [7, 11) is 0. The van der Waals surface area contributed by atoms with Crippen molar-refractivity contribution in [3.05, 3.63) is 28.2 Å². The van der Waals surface area contributed by atoms with Gasteiger partial charge < -0.3 is 15.7 Å². The first-order chi connectivity index (χ1) is 7.60. The summed E-state index contributed by atoms with van der Waals surface area (Å²) >= 11 is 3.44. The van der Waals surface area contributed by atoms with Crippen molar-refractivity contribution >= 4 is 21.6 Å². The second kappa shape index (κ2) is 6.23. The van der Waals surface area contributed by atoms with E-state index in [1.165, 1.54) is 0 Å². The van der Waals surface area contributed by atoms with Crippen molar-refractivity contribution in [1.82, 2.24) is 0 Å². The van der Waals surface area contributed by atoms with Crippen LogP contribution in [0, 0.1) is 0 Å². The molecule has 0 aliphatic carbocycles. The Labute approximate surface area is 105 Å². The molecular formula is C12H19BrN2O. The fraction of sp³-hybridized carbons (Fsp3) is 0.500. The maximum absolute atomic E-state index is 9.08. The van der Waals surface area contributed by atoms with Crippen molar-refractivity contribution in [2.45, 2.75) is 26.4 Å². The van der Waals surface area contributed by atoms with Gasteiger partial charge in [-0.05, 0) is 37.6 Å². The van der Waals surface area contributed by atoms with Gasteiger partial charge in [0.15, 0.2) is 0 Å². The van der Waals surface area contributed by atoms with Crippen LogP contribution in [0.4, 0.5) is 5.69 Å². The van der Waals surface area contributed by atoms with Gasteiger partial charge in [0.2, 0.25) is 0 Å². The van der Waals surface area contributed by atoms with Gasteiger partial charge in [0.05, 0.1) is 6.61 Å². The summed E-state index contributed by atoms with van der Waals surface area (Å²) in [5.74, 6) is 0. The van der Waals surface area contributed by atoms with Crippen molar-refractivity contribution in [3.63, 3.8) is 0 Å². The number of anilines is 1. The van der Waals surface area contributed by atoms with Gasteiger partial charge in [0.1, 0.15) is 0 Å². The molecule has 0 amide bonds. The van der Waals surface area contributed by atoms with Crippen molar-refractivity contribution in [1.29, 1.82) is 0 Å². The Bertz CT molecular complexity index is 342. The van der Waals surface area contributed by atoms with E-state index in [1.54, 1.807) is 0 Å². The highest BCUT2D eigenvalue weighted by molar-refractivity contribution is 9.10. The molecule has 0 bridgehead atoms. The average molecular weight is 287 g/mol. The molecule has 0 aromatic heterocycles. The molecule has 0 aliphatic heterocycles. The molecule has 16 heavy (non-hydrogen) atoms. The summed E-state index contributed by atoms with van der Waals surface area (Å²) in [6.45, 7) is 5.50. The van der Waals surface area contributed by atoms with Crippen LogP contribution in [0.1, 0.15) is 19.4 Å². The summed E-state index contributed by atoms with van der Waals surface area (Å²) in [5.41, 5.74) is 7.94. The van der Waals surface area contributed by atoms with Gasteiger partial charge in [-0.2, -0.15) is 0 Å². The Morgan fingerprint density at radius 3 is 2.62 bits per heavy atom.